The second-order valence-corrected chi connectivity index (χ2v) is 26.6. The zero-order chi connectivity index (χ0) is 62.0. The highest BCUT2D eigenvalue weighted by atomic mass is 16.6. The number of ether oxygens (including phenoxy) is 7. The van der Waals surface area contributed by atoms with Crippen LogP contribution in [-0.2, 0) is 47.5 Å². The number of unbranched alkanes of at least 4 members (excludes halogenated alkanes) is 5. The smallest absolute Gasteiger partial charge is 0.317 e. The highest BCUT2D eigenvalue weighted by Crippen LogP contribution is 2.69. The van der Waals surface area contributed by atoms with Gasteiger partial charge in [-0.25, -0.2) is 4.79 Å². The third-order valence-electron chi connectivity index (χ3n) is 20.4. The molecule has 86 heavy (non-hydrogen) atoms. The van der Waals surface area contributed by atoms with E-state index in [4.69, 9.17) is 50.4 Å². The molecule has 1 heterocycles. The SMILES string of the molecule is CCCCCCCCN(CCCC(C)[C@H]1CC[C@H]2[C@@H]3[C@H](OCCCN)C[C@@H]4C[C@H](OCCCN)CC[C@]4(C)[C@H]3C[C@H](OCCCN)[C@]12C)C(=O)NCCOCCOCCOCCOCCCC(=O)CN1CCN(CC(C)=O)CCN(CC(=O)O)CC1. The van der Waals surface area contributed by atoms with Crippen LogP contribution >= 0.6 is 0 Å². The highest BCUT2D eigenvalue weighted by Gasteiger charge is 2.66. The molecular weight excluding hydrogens is 1100 g/mol. The Morgan fingerprint density at radius 2 is 1.19 bits per heavy atom. The number of carbonyl (C=O) groups excluding carboxylic acids is 3. The van der Waals surface area contributed by atoms with Gasteiger partial charge in [-0.05, 0) is 157 Å². The summed E-state index contributed by atoms with van der Waals surface area (Å²) in [4.78, 5) is 57.9. The number of carboxylic acids is 1. The number of nitrogens with one attached hydrogen (secondary N) is 1. The lowest BCUT2D eigenvalue weighted by atomic mass is 9.43. The maximum absolute atomic E-state index is 13.8. The topological polar surface area (TPSA) is 256 Å². The Bertz CT molecular complexity index is 1850. The first-order valence-electron chi connectivity index (χ1n) is 34.4. The van der Waals surface area contributed by atoms with E-state index in [0.717, 1.165) is 96.9 Å². The predicted molar refractivity (Wildman–Crippen MR) is 338 cm³/mol. The molecule has 5 aliphatic rings. The molecule has 20 heteroatoms. The molecule has 2 amide bonds. The summed E-state index contributed by atoms with van der Waals surface area (Å²) in [5.41, 5.74) is 18.2. The van der Waals surface area contributed by atoms with Crippen molar-refractivity contribution in [1.82, 2.24) is 24.9 Å². The van der Waals surface area contributed by atoms with E-state index in [-0.39, 0.29) is 47.2 Å². The van der Waals surface area contributed by atoms with E-state index in [0.29, 0.717) is 192 Å². The molecule has 0 aromatic heterocycles. The van der Waals surface area contributed by atoms with Crippen LogP contribution < -0.4 is 22.5 Å². The first-order valence-corrected chi connectivity index (χ1v) is 34.4. The van der Waals surface area contributed by atoms with E-state index in [2.05, 4.69) is 42.8 Å². The number of ketones is 2. The summed E-state index contributed by atoms with van der Waals surface area (Å²) in [6.07, 6.45) is 21.4. The van der Waals surface area contributed by atoms with Gasteiger partial charge >= 0.3 is 12.0 Å². The van der Waals surface area contributed by atoms with Crippen LogP contribution in [0.3, 0.4) is 0 Å². The zero-order valence-electron chi connectivity index (χ0n) is 54.7. The molecule has 0 aromatic carbocycles. The Balaban J connectivity index is 1.00. The fraction of sp³-hybridized carbons (Fsp3) is 0.939. The van der Waals surface area contributed by atoms with Gasteiger partial charge in [0.2, 0.25) is 0 Å². The fourth-order valence-corrected chi connectivity index (χ4v) is 15.8. The predicted octanol–water partition coefficient (Wildman–Crippen LogP) is 6.86. The summed E-state index contributed by atoms with van der Waals surface area (Å²) in [5.74, 6) is 2.39. The first-order chi connectivity index (χ1) is 41.7. The van der Waals surface area contributed by atoms with Crippen molar-refractivity contribution in [3.05, 3.63) is 0 Å². The molecule has 5 rings (SSSR count). The summed E-state index contributed by atoms with van der Waals surface area (Å²) >= 11 is 0. The molecule has 20 nitrogen and oxygen atoms in total. The third-order valence-corrected chi connectivity index (χ3v) is 20.4. The average molecular weight is 1220 g/mol. The molecule has 500 valence electrons. The van der Waals surface area contributed by atoms with Gasteiger partial charge in [-0.2, -0.15) is 0 Å². The molecule has 0 radical (unpaired) electrons. The lowest BCUT2D eigenvalue weighted by Crippen LogP contribution is -2.63. The van der Waals surface area contributed by atoms with E-state index in [1.807, 2.05) is 9.80 Å². The maximum atomic E-state index is 13.8. The molecule has 4 aliphatic carbocycles. The number of carbonyl (C=O) groups is 4. The molecule has 0 aromatic rings. The van der Waals surface area contributed by atoms with Crippen LogP contribution in [0.5, 0.6) is 0 Å². The lowest BCUT2D eigenvalue weighted by Gasteiger charge is -2.65. The van der Waals surface area contributed by atoms with Gasteiger partial charge < -0.3 is 65.7 Å². The van der Waals surface area contributed by atoms with Gasteiger partial charge in [0, 0.05) is 97.2 Å². The summed E-state index contributed by atoms with van der Waals surface area (Å²) in [6.45, 7) is 25.1. The van der Waals surface area contributed by atoms with E-state index >= 15 is 0 Å². The standard InChI is InChI=1S/C66H124N8O12/c1-6-7-8-9-10-11-27-74(64(79)70-26-39-81-41-43-83-45-44-82-42-40-80-35-13-18-55(76)50-72-31-29-71(49-53(3)75)30-33-73(34-32-72)51-62(77)78)28-12-17-52(2)57-19-20-58-63-59(48-61(66(57,58)5)86-38-16-25-69)65(4)22-21-56(84-36-14-23-67)46-54(65)47-60(63)85-37-15-24-68/h52,54,56-61,63H,6-51,67-69H2,1-5H3,(H,70,79)(H,77,78)/t52?,54-,56+,57+,58-,59-,60+,61-,63-,65-,66+/m0/s1. The Morgan fingerprint density at radius 3 is 1.81 bits per heavy atom. The van der Waals surface area contributed by atoms with Gasteiger partial charge in [-0.3, -0.25) is 29.1 Å². The molecule has 1 saturated heterocycles. The third kappa shape index (κ3) is 25.0. The van der Waals surface area contributed by atoms with E-state index in [1.54, 1.807) is 6.92 Å². The number of hydrogen-bond donors (Lipinski definition) is 5. The second kappa shape index (κ2) is 41.8. The molecule has 1 aliphatic heterocycles. The molecule has 8 N–H and O–H groups in total. The Labute approximate surface area is 519 Å². The van der Waals surface area contributed by atoms with Crippen LogP contribution in [0.15, 0.2) is 0 Å². The normalized spacial score (nSPS) is 27.8. The Kier molecular flexibility index (Phi) is 36.1. The van der Waals surface area contributed by atoms with E-state index < -0.39 is 5.97 Å². The van der Waals surface area contributed by atoms with Crippen molar-refractivity contribution in [3.8, 4) is 0 Å². The van der Waals surface area contributed by atoms with Crippen molar-refractivity contribution in [3.63, 3.8) is 0 Å². The molecule has 0 spiro atoms. The first kappa shape index (κ1) is 74.3. The number of rotatable bonds is 46. The maximum Gasteiger partial charge on any atom is 0.317 e. The van der Waals surface area contributed by atoms with Crippen molar-refractivity contribution in [2.24, 2.45) is 63.5 Å². The monoisotopic (exact) mass is 1220 g/mol. The van der Waals surface area contributed by atoms with Crippen molar-refractivity contribution < 1.29 is 57.4 Å². The van der Waals surface area contributed by atoms with Crippen LogP contribution in [0.1, 0.15) is 163 Å². The minimum absolute atomic E-state index is 0.0101. The van der Waals surface area contributed by atoms with Gasteiger partial charge in [0.05, 0.1) is 84.2 Å². The summed E-state index contributed by atoms with van der Waals surface area (Å²) < 4.78 is 43.6. The van der Waals surface area contributed by atoms with Gasteiger partial charge in [-0.1, -0.05) is 59.8 Å². The number of fused-ring (bicyclic) bond motifs is 5. The molecule has 0 bridgehead atoms. The number of urea groups is 1. The van der Waals surface area contributed by atoms with Gasteiger partial charge in [0.1, 0.15) is 11.6 Å². The van der Waals surface area contributed by atoms with E-state index in [9.17, 15) is 24.3 Å². The van der Waals surface area contributed by atoms with Crippen LogP contribution in [0.2, 0.25) is 0 Å². The minimum Gasteiger partial charge on any atom is -0.480 e. The van der Waals surface area contributed by atoms with Gasteiger partial charge in [0.25, 0.3) is 0 Å². The molecule has 5 fully saturated rings. The zero-order valence-corrected chi connectivity index (χ0v) is 54.7. The fourth-order valence-electron chi connectivity index (χ4n) is 15.8. The molecule has 4 saturated carbocycles. The second-order valence-electron chi connectivity index (χ2n) is 26.6. The minimum atomic E-state index is -0.885. The largest absolute Gasteiger partial charge is 0.480 e. The Morgan fingerprint density at radius 1 is 0.616 bits per heavy atom. The van der Waals surface area contributed by atoms with E-state index in [1.165, 1.54) is 44.9 Å². The van der Waals surface area contributed by atoms with Crippen molar-refractivity contribution in [2.75, 3.05) is 171 Å². The van der Waals surface area contributed by atoms with Crippen LogP contribution in [0.25, 0.3) is 0 Å². The average Bonchev–Trinajstić information content (AvgIpc) is 1.29. The quantitative estimate of drug-likeness (QED) is 0.0390. The molecule has 11 atom stereocenters. The summed E-state index contributed by atoms with van der Waals surface area (Å²) in [6, 6.07) is -0.0101. The number of nitrogens with two attached hydrogens (primary N) is 3. The van der Waals surface area contributed by atoms with Crippen molar-refractivity contribution >= 4 is 23.6 Å². The number of carboxylic acid groups (broad SMARTS) is 1. The van der Waals surface area contributed by atoms with Gasteiger partial charge in [-0.15, -0.1) is 0 Å². The number of amides is 2. The van der Waals surface area contributed by atoms with Crippen molar-refractivity contribution in [2.45, 2.75) is 181 Å². The lowest BCUT2D eigenvalue weighted by molar-refractivity contribution is -0.227. The Hall–Kier alpha value is -2.44. The van der Waals surface area contributed by atoms with Crippen molar-refractivity contribution in [1.29, 1.82) is 0 Å². The van der Waals surface area contributed by atoms with Gasteiger partial charge in [0.15, 0.2) is 0 Å². The van der Waals surface area contributed by atoms with Crippen LogP contribution in [-0.4, -0.2) is 237 Å². The number of hydrogen-bond acceptors (Lipinski definition) is 17. The summed E-state index contributed by atoms with van der Waals surface area (Å²) in [7, 11) is 0. The van der Waals surface area contributed by atoms with Crippen LogP contribution in [0, 0.1) is 46.3 Å². The van der Waals surface area contributed by atoms with Crippen LogP contribution in [0.4, 0.5) is 4.79 Å². The number of nitrogens with zero attached hydrogens (tertiary/aromatic N) is 4. The highest BCUT2D eigenvalue weighted by molar-refractivity contribution is 5.80. The summed E-state index contributed by atoms with van der Waals surface area (Å²) in [5, 5.41) is 12.5. The molecular formula is C66H124N8O12. The molecule has 1 unspecified atom stereocenters. The number of Topliss-reactive ketones (excluding diaryl/α,β-unsaturated/α-hetero) is 2. The number of aliphatic carboxylic acids is 1.